The summed E-state index contributed by atoms with van der Waals surface area (Å²) < 4.78 is 24.1. The molecule has 1 aromatic heterocycles. The minimum atomic E-state index is -0.596. The van der Waals surface area contributed by atoms with E-state index in [-0.39, 0.29) is 17.5 Å². The predicted molar refractivity (Wildman–Crippen MR) is 58.0 cm³/mol. The number of methoxy groups -OCH3 is 1. The molecule has 0 aliphatic carbocycles. The van der Waals surface area contributed by atoms with Crippen LogP contribution in [0.2, 0.25) is 5.28 Å². The summed E-state index contributed by atoms with van der Waals surface area (Å²) in [6.45, 7) is -0.00320. The van der Waals surface area contributed by atoms with Crippen molar-refractivity contribution in [3.8, 4) is 0 Å². The van der Waals surface area contributed by atoms with Crippen LogP contribution < -0.4 is 0 Å². The van der Waals surface area contributed by atoms with Crippen LogP contribution in [0.15, 0.2) is 0 Å². The Bertz CT molecular complexity index is 435. The SMILES string of the molecule is COC(=O)c1nc(Cl)n2c1CCOC(CF)C2. The molecule has 1 atom stereocenters. The highest BCUT2D eigenvalue weighted by atomic mass is 35.5. The second-order valence-electron chi connectivity index (χ2n) is 3.68. The first-order valence-corrected chi connectivity index (χ1v) is 5.56. The summed E-state index contributed by atoms with van der Waals surface area (Å²) in [5.41, 5.74) is 0.818. The van der Waals surface area contributed by atoms with Gasteiger partial charge in [-0.15, -0.1) is 0 Å². The third kappa shape index (κ3) is 2.28. The van der Waals surface area contributed by atoms with Crippen molar-refractivity contribution in [2.24, 2.45) is 0 Å². The van der Waals surface area contributed by atoms with Gasteiger partial charge in [0, 0.05) is 6.42 Å². The monoisotopic (exact) mass is 262 g/mol. The number of aromatic nitrogens is 2. The van der Waals surface area contributed by atoms with Crippen molar-refractivity contribution in [3.05, 3.63) is 16.7 Å². The maximum atomic E-state index is 12.6. The van der Waals surface area contributed by atoms with Crippen LogP contribution in [-0.2, 0) is 22.4 Å². The molecule has 1 aliphatic heterocycles. The zero-order valence-electron chi connectivity index (χ0n) is 9.28. The van der Waals surface area contributed by atoms with Gasteiger partial charge in [-0.05, 0) is 11.6 Å². The normalized spacial score (nSPS) is 19.6. The lowest BCUT2D eigenvalue weighted by atomic mass is 10.2. The van der Waals surface area contributed by atoms with Crippen molar-refractivity contribution >= 4 is 17.6 Å². The van der Waals surface area contributed by atoms with Gasteiger partial charge in [-0.1, -0.05) is 0 Å². The summed E-state index contributed by atoms with van der Waals surface area (Å²) in [4.78, 5) is 15.4. The third-order valence-electron chi connectivity index (χ3n) is 2.66. The number of hydrogen-bond acceptors (Lipinski definition) is 4. The van der Waals surface area contributed by atoms with E-state index < -0.39 is 18.7 Å². The van der Waals surface area contributed by atoms with Gasteiger partial charge in [-0.25, -0.2) is 14.2 Å². The number of fused-ring (bicyclic) bond motifs is 1. The number of carbonyl (C=O) groups is 1. The molecule has 0 N–H and O–H groups in total. The molecule has 17 heavy (non-hydrogen) atoms. The van der Waals surface area contributed by atoms with Gasteiger partial charge < -0.3 is 14.0 Å². The van der Waals surface area contributed by atoms with Crippen molar-refractivity contribution in [1.82, 2.24) is 9.55 Å². The van der Waals surface area contributed by atoms with Crippen LogP contribution in [0.25, 0.3) is 0 Å². The molecular formula is C10H12ClFN2O3. The molecule has 0 bridgehead atoms. The van der Waals surface area contributed by atoms with Gasteiger partial charge in [-0.2, -0.15) is 0 Å². The highest BCUT2D eigenvalue weighted by molar-refractivity contribution is 6.28. The van der Waals surface area contributed by atoms with E-state index in [2.05, 4.69) is 9.72 Å². The van der Waals surface area contributed by atoms with E-state index >= 15 is 0 Å². The van der Waals surface area contributed by atoms with Gasteiger partial charge in [-0.3, -0.25) is 0 Å². The molecule has 7 heteroatoms. The van der Waals surface area contributed by atoms with Gasteiger partial charge >= 0.3 is 5.97 Å². The van der Waals surface area contributed by atoms with Crippen molar-refractivity contribution in [2.75, 3.05) is 20.4 Å². The van der Waals surface area contributed by atoms with E-state index in [0.717, 1.165) is 0 Å². The van der Waals surface area contributed by atoms with Gasteiger partial charge in [0.25, 0.3) is 0 Å². The average molecular weight is 263 g/mol. The van der Waals surface area contributed by atoms with E-state index in [4.69, 9.17) is 16.3 Å². The van der Waals surface area contributed by atoms with Crippen LogP contribution in [0.4, 0.5) is 4.39 Å². The molecule has 0 saturated heterocycles. The third-order valence-corrected chi connectivity index (χ3v) is 2.94. The van der Waals surface area contributed by atoms with E-state index in [1.165, 1.54) is 7.11 Å². The summed E-state index contributed by atoms with van der Waals surface area (Å²) in [6, 6.07) is 0. The number of hydrogen-bond donors (Lipinski definition) is 0. The fourth-order valence-corrected chi connectivity index (χ4v) is 2.08. The standard InChI is InChI=1S/C10H12ClFN2O3/c1-16-9(15)8-7-2-3-17-6(4-12)5-14(7)10(11)13-8/h6H,2-5H2,1H3. The zero-order chi connectivity index (χ0) is 12.4. The van der Waals surface area contributed by atoms with Crippen LogP contribution in [0.1, 0.15) is 16.2 Å². The molecule has 1 unspecified atom stereocenters. The molecule has 0 spiro atoms. The van der Waals surface area contributed by atoms with E-state index in [1.54, 1.807) is 4.57 Å². The summed E-state index contributed by atoms with van der Waals surface area (Å²) in [5, 5.41) is 0.157. The lowest BCUT2D eigenvalue weighted by Crippen LogP contribution is -2.20. The van der Waals surface area contributed by atoms with Crippen molar-refractivity contribution < 1.29 is 18.7 Å². The van der Waals surface area contributed by atoms with E-state index in [9.17, 15) is 9.18 Å². The van der Waals surface area contributed by atoms with E-state index in [0.29, 0.717) is 18.7 Å². The second-order valence-corrected chi connectivity index (χ2v) is 4.01. The number of ether oxygens (including phenoxy) is 2. The Hall–Kier alpha value is -1.14. The molecular weight excluding hydrogens is 251 g/mol. The first-order chi connectivity index (χ1) is 8.17. The molecule has 0 radical (unpaired) electrons. The van der Waals surface area contributed by atoms with Gasteiger partial charge in [0.15, 0.2) is 5.69 Å². The van der Waals surface area contributed by atoms with E-state index in [1.807, 2.05) is 0 Å². The Morgan fingerprint density at radius 3 is 3.18 bits per heavy atom. The quantitative estimate of drug-likeness (QED) is 0.753. The largest absolute Gasteiger partial charge is 0.464 e. The lowest BCUT2D eigenvalue weighted by molar-refractivity contribution is 0.0353. The van der Waals surface area contributed by atoms with Crippen molar-refractivity contribution in [3.63, 3.8) is 0 Å². The Labute approximate surface area is 102 Å². The molecule has 0 fully saturated rings. The maximum absolute atomic E-state index is 12.6. The van der Waals surface area contributed by atoms with Crippen LogP contribution in [-0.4, -0.2) is 42.0 Å². The maximum Gasteiger partial charge on any atom is 0.358 e. The molecule has 1 aromatic rings. The summed E-state index contributed by atoms with van der Waals surface area (Å²) in [5.74, 6) is -0.542. The molecule has 0 amide bonds. The fourth-order valence-electron chi connectivity index (χ4n) is 1.83. The van der Waals surface area contributed by atoms with Crippen molar-refractivity contribution in [1.29, 1.82) is 0 Å². The van der Waals surface area contributed by atoms with Crippen molar-refractivity contribution in [2.45, 2.75) is 19.1 Å². The number of nitrogens with zero attached hydrogens (tertiary/aromatic N) is 2. The smallest absolute Gasteiger partial charge is 0.358 e. The topological polar surface area (TPSA) is 53.3 Å². The summed E-state index contributed by atoms with van der Waals surface area (Å²) >= 11 is 5.92. The molecule has 2 rings (SSSR count). The summed E-state index contributed by atoms with van der Waals surface area (Å²) in [6.07, 6.45) is -0.0888. The minimum Gasteiger partial charge on any atom is -0.464 e. The zero-order valence-corrected chi connectivity index (χ0v) is 10.0. The average Bonchev–Trinajstić information content (AvgIpc) is 2.55. The Kier molecular flexibility index (Phi) is 3.63. The molecule has 0 saturated carbocycles. The second kappa shape index (κ2) is 5.01. The Morgan fingerprint density at radius 2 is 2.53 bits per heavy atom. The summed E-state index contributed by atoms with van der Waals surface area (Å²) in [7, 11) is 1.28. The first kappa shape index (κ1) is 12.3. The highest BCUT2D eigenvalue weighted by Crippen LogP contribution is 2.22. The van der Waals surface area contributed by atoms with Crippen LogP contribution in [0.5, 0.6) is 0 Å². The van der Waals surface area contributed by atoms with Crippen LogP contribution >= 0.6 is 11.6 Å². The molecule has 1 aliphatic rings. The Balaban J connectivity index is 2.39. The predicted octanol–water partition coefficient (Wildman–Crippen LogP) is 1.23. The number of halogens is 2. The lowest BCUT2D eigenvalue weighted by Gasteiger charge is -2.11. The van der Waals surface area contributed by atoms with Gasteiger partial charge in [0.05, 0.1) is 26.0 Å². The number of esters is 1. The molecule has 2 heterocycles. The van der Waals surface area contributed by atoms with Crippen LogP contribution in [0.3, 0.4) is 0 Å². The molecule has 94 valence electrons. The number of imidazole rings is 1. The number of alkyl halides is 1. The Morgan fingerprint density at radius 1 is 1.76 bits per heavy atom. The first-order valence-electron chi connectivity index (χ1n) is 5.18. The molecule has 0 aromatic carbocycles. The molecule has 5 nitrogen and oxygen atoms in total. The fraction of sp³-hybridized carbons (Fsp3) is 0.600. The number of rotatable bonds is 2. The van der Waals surface area contributed by atoms with Gasteiger partial charge in [0.1, 0.15) is 12.8 Å². The van der Waals surface area contributed by atoms with Crippen LogP contribution in [0, 0.1) is 0 Å². The minimum absolute atomic E-state index is 0.157. The number of carbonyl (C=O) groups excluding carboxylic acids is 1. The highest BCUT2D eigenvalue weighted by Gasteiger charge is 2.26. The van der Waals surface area contributed by atoms with Gasteiger partial charge in [0.2, 0.25) is 5.28 Å².